The lowest BCUT2D eigenvalue weighted by molar-refractivity contribution is 1.10. The van der Waals surface area contributed by atoms with Gasteiger partial charge in [0.25, 0.3) is 0 Å². The number of nitrogens with zero attached hydrogens (tertiary/aromatic N) is 2. The van der Waals surface area contributed by atoms with Crippen LogP contribution in [-0.4, -0.2) is 9.97 Å². The van der Waals surface area contributed by atoms with Crippen molar-refractivity contribution < 1.29 is 0 Å². The van der Waals surface area contributed by atoms with E-state index in [-0.39, 0.29) is 0 Å². The molecule has 0 aliphatic carbocycles. The molecule has 18 heavy (non-hydrogen) atoms. The average Bonchev–Trinajstić information content (AvgIpc) is 2.36. The van der Waals surface area contributed by atoms with Gasteiger partial charge in [0.15, 0.2) is 5.82 Å². The Morgan fingerprint density at radius 2 is 1.00 bits per heavy atom. The molecule has 2 aromatic rings. The fourth-order valence-electron chi connectivity index (χ4n) is 2.36. The van der Waals surface area contributed by atoms with E-state index < -0.39 is 0 Å². The van der Waals surface area contributed by atoms with E-state index in [1.54, 1.807) is 0 Å². The lowest BCUT2D eigenvalue weighted by Gasteiger charge is -2.17. The molecule has 0 radical (unpaired) electrons. The molecule has 0 bridgehead atoms. The second-order valence-corrected chi connectivity index (χ2v) is 5.08. The zero-order valence-electron chi connectivity index (χ0n) is 12.0. The van der Waals surface area contributed by atoms with Crippen LogP contribution in [0.5, 0.6) is 0 Å². The highest BCUT2D eigenvalue weighted by Gasteiger charge is 2.15. The Labute approximate surface area is 109 Å². The molecule has 0 saturated heterocycles. The summed E-state index contributed by atoms with van der Waals surface area (Å²) in [5.41, 5.74) is 8.93. The summed E-state index contributed by atoms with van der Waals surface area (Å²) in [4.78, 5) is 8.94. The summed E-state index contributed by atoms with van der Waals surface area (Å²) in [6.07, 6.45) is 3.76. The van der Waals surface area contributed by atoms with Gasteiger partial charge in [0.1, 0.15) is 0 Å². The largest absolute Gasteiger partial charge is 0.236 e. The molecule has 1 aromatic carbocycles. The number of rotatable bonds is 1. The molecule has 2 nitrogen and oxygen atoms in total. The van der Waals surface area contributed by atoms with Crippen LogP contribution < -0.4 is 0 Å². The van der Waals surface area contributed by atoms with Crippen LogP contribution in [-0.2, 0) is 0 Å². The highest BCUT2D eigenvalue weighted by atomic mass is 14.9. The zero-order valence-corrected chi connectivity index (χ0v) is 12.0. The van der Waals surface area contributed by atoms with E-state index >= 15 is 0 Å². The van der Waals surface area contributed by atoms with Crippen molar-refractivity contribution in [2.75, 3.05) is 0 Å². The zero-order chi connectivity index (χ0) is 13.4. The first-order valence-corrected chi connectivity index (χ1v) is 6.29. The Balaban J connectivity index is 2.75. The van der Waals surface area contributed by atoms with Crippen molar-refractivity contribution in [2.24, 2.45) is 0 Å². The maximum atomic E-state index is 4.47. The van der Waals surface area contributed by atoms with E-state index in [9.17, 15) is 0 Å². The van der Waals surface area contributed by atoms with Gasteiger partial charge in [0.2, 0.25) is 0 Å². The molecule has 0 spiro atoms. The second-order valence-electron chi connectivity index (χ2n) is 5.08. The number of hydrogen-bond donors (Lipinski definition) is 0. The molecule has 2 heteroatoms. The van der Waals surface area contributed by atoms with Gasteiger partial charge in [0.05, 0.1) is 0 Å². The van der Waals surface area contributed by atoms with Gasteiger partial charge in [-0.05, 0) is 74.9 Å². The second kappa shape index (κ2) is 4.52. The van der Waals surface area contributed by atoms with Crippen LogP contribution >= 0.6 is 0 Å². The van der Waals surface area contributed by atoms with Crippen LogP contribution in [0.2, 0.25) is 0 Å². The predicted octanol–water partition coefficient (Wildman–Crippen LogP) is 3.99. The SMILES string of the molecule is Cc1cnc(-c2c(C)c(C)c(C)c(C)c2C)nc1. The first kappa shape index (κ1) is 12.7. The van der Waals surface area contributed by atoms with E-state index in [0.717, 1.165) is 11.4 Å². The van der Waals surface area contributed by atoms with Crippen molar-refractivity contribution in [3.8, 4) is 11.4 Å². The van der Waals surface area contributed by atoms with Gasteiger partial charge in [-0.3, -0.25) is 0 Å². The smallest absolute Gasteiger partial charge is 0.159 e. The van der Waals surface area contributed by atoms with E-state index in [1.165, 1.54) is 33.4 Å². The van der Waals surface area contributed by atoms with E-state index in [1.807, 2.05) is 19.3 Å². The molecular formula is C16H20N2. The lowest BCUT2D eigenvalue weighted by Crippen LogP contribution is -2.02. The van der Waals surface area contributed by atoms with Crippen LogP contribution in [0.15, 0.2) is 12.4 Å². The summed E-state index contributed by atoms with van der Waals surface area (Å²) in [5, 5.41) is 0. The van der Waals surface area contributed by atoms with Crippen LogP contribution in [0.1, 0.15) is 33.4 Å². The summed E-state index contributed by atoms with van der Waals surface area (Å²) in [6.45, 7) is 12.9. The maximum absolute atomic E-state index is 4.47. The third-order valence-corrected chi connectivity index (χ3v) is 4.00. The minimum absolute atomic E-state index is 0.835. The van der Waals surface area contributed by atoms with Crippen molar-refractivity contribution in [1.82, 2.24) is 9.97 Å². The minimum Gasteiger partial charge on any atom is -0.236 e. The Hall–Kier alpha value is -1.70. The standard InChI is InChI=1S/C16H20N2/c1-9-7-17-16(18-8-9)15-13(5)11(3)10(2)12(4)14(15)6/h7-8H,1-6H3. The molecular weight excluding hydrogens is 220 g/mol. The number of hydrogen-bond acceptors (Lipinski definition) is 2. The summed E-state index contributed by atoms with van der Waals surface area (Å²) in [7, 11) is 0. The van der Waals surface area contributed by atoms with Crippen molar-refractivity contribution in [1.29, 1.82) is 0 Å². The fraction of sp³-hybridized carbons (Fsp3) is 0.375. The summed E-state index contributed by atoms with van der Waals surface area (Å²) in [5.74, 6) is 0.835. The van der Waals surface area contributed by atoms with Gasteiger partial charge in [-0.2, -0.15) is 0 Å². The van der Waals surface area contributed by atoms with Crippen molar-refractivity contribution in [3.63, 3.8) is 0 Å². The van der Waals surface area contributed by atoms with Gasteiger partial charge < -0.3 is 0 Å². The number of aryl methyl sites for hydroxylation is 1. The first-order chi connectivity index (χ1) is 8.43. The molecule has 0 unspecified atom stereocenters. The quantitative estimate of drug-likeness (QED) is 0.753. The molecule has 1 heterocycles. The van der Waals surface area contributed by atoms with Gasteiger partial charge >= 0.3 is 0 Å². The molecule has 2 rings (SSSR count). The molecule has 0 atom stereocenters. The summed E-state index contributed by atoms with van der Waals surface area (Å²) < 4.78 is 0. The molecule has 0 saturated carbocycles. The normalized spacial score (nSPS) is 10.8. The van der Waals surface area contributed by atoms with Gasteiger partial charge in [-0.1, -0.05) is 0 Å². The monoisotopic (exact) mass is 240 g/mol. The summed E-state index contributed by atoms with van der Waals surface area (Å²) >= 11 is 0. The highest BCUT2D eigenvalue weighted by molar-refractivity contribution is 5.69. The summed E-state index contributed by atoms with van der Waals surface area (Å²) in [6, 6.07) is 0. The molecule has 0 amide bonds. The Kier molecular flexibility index (Phi) is 3.20. The first-order valence-electron chi connectivity index (χ1n) is 6.29. The third-order valence-electron chi connectivity index (χ3n) is 4.00. The molecule has 0 fully saturated rings. The lowest BCUT2D eigenvalue weighted by atomic mass is 9.89. The number of aromatic nitrogens is 2. The van der Waals surface area contributed by atoms with E-state index in [0.29, 0.717) is 0 Å². The molecule has 1 aromatic heterocycles. The number of benzene rings is 1. The fourth-order valence-corrected chi connectivity index (χ4v) is 2.36. The predicted molar refractivity (Wildman–Crippen MR) is 75.9 cm³/mol. The highest BCUT2D eigenvalue weighted by Crippen LogP contribution is 2.31. The third kappa shape index (κ3) is 1.92. The molecule has 0 aliphatic rings. The van der Waals surface area contributed by atoms with Crippen LogP contribution in [0, 0.1) is 41.5 Å². The van der Waals surface area contributed by atoms with Crippen molar-refractivity contribution in [3.05, 3.63) is 45.8 Å². The molecule has 0 aliphatic heterocycles. The van der Waals surface area contributed by atoms with Crippen LogP contribution in [0.25, 0.3) is 11.4 Å². The van der Waals surface area contributed by atoms with E-state index in [2.05, 4.69) is 44.6 Å². The van der Waals surface area contributed by atoms with Crippen molar-refractivity contribution >= 4 is 0 Å². The Morgan fingerprint density at radius 3 is 1.44 bits per heavy atom. The van der Waals surface area contributed by atoms with Gasteiger partial charge in [-0.15, -0.1) is 0 Å². The van der Waals surface area contributed by atoms with Crippen molar-refractivity contribution in [2.45, 2.75) is 41.5 Å². The Bertz CT molecular complexity index is 566. The molecule has 0 N–H and O–H groups in total. The Morgan fingerprint density at radius 1 is 0.611 bits per heavy atom. The van der Waals surface area contributed by atoms with Crippen LogP contribution in [0.3, 0.4) is 0 Å². The van der Waals surface area contributed by atoms with Gasteiger partial charge in [0, 0.05) is 18.0 Å². The van der Waals surface area contributed by atoms with E-state index in [4.69, 9.17) is 0 Å². The minimum atomic E-state index is 0.835. The topological polar surface area (TPSA) is 25.8 Å². The molecule has 94 valence electrons. The van der Waals surface area contributed by atoms with Gasteiger partial charge in [-0.25, -0.2) is 9.97 Å². The maximum Gasteiger partial charge on any atom is 0.159 e. The average molecular weight is 240 g/mol. The van der Waals surface area contributed by atoms with Crippen LogP contribution in [0.4, 0.5) is 0 Å².